The predicted octanol–water partition coefficient (Wildman–Crippen LogP) is 4.48. The van der Waals surface area contributed by atoms with Gasteiger partial charge in [-0.15, -0.1) is 0 Å². The molecule has 1 aromatic heterocycles. The molecule has 1 aliphatic heterocycles. The molecule has 0 unspecified atom stereocenters. The predicted molar refractivity (Wildman–Crippen MR) is 104 cm³/mol. The van der Waals surface area contributed by atoms with Crippen molar-refractivity contribution in [1.82, 2.24) is 9.88 Å². The van der Waals surface area contributed by atoms with Gasteiger partial charge in [-0.3, -0.25) is 9.78 Å². The number of hydrogen-bond acceptors (Lipinski definition) is 4. The van der Waals surface area contributed by atoms with Crippen LogP contribution in [-0.2, 0) is 0 Å². The van der Waals surface area contributed by atoms with Gasteiger partial charge >= 0.3 is 0 Å². The van der Waals surface area contributed by atoms with Crippen molar-refractivity contribution in [2.45, 2.75) is 39.7 Å². The van der Waals surface area contributed by atoms with Gasteiger partial charge in [-0.25, -0.2) is 0 Å². The number of aromatic nitrogens is 1. The van der Waals surface area contributed by atoms with Gasteiger partial charge in [0.25, 0.3) is 5.91 Å². The number of piperidine rings is 1. The summed E-state index contributed by atoms with van der Waals surface area (Å²) in [6, 6.07) is 11.5. The third kappa shape index (κ3) is 4.54. The molecule has 0 spiro atoms. The van der Waals surface area contributed by atoms with Crippen LogP contribution >= 0.6 is 0 Å². The van der Waals surface area contributed by atoms with Crippen LogP contribution in [0.1, 0.15) is 44.1 Å². The fourth-order valence-corrected chi connectivity index (χ4v) is 3.08. The minimum atomic E-state index is 0.00673. The van der Waals surface area contributed by atoms with E-state index in [-0.39, 0.29) is 12.0 Å². The molecule has 0 atom stereocenters. The number of ether oxygens (including phenoxy) is 1. The molecule has 1 fully saturated rings. The van der Waals surface area contributed by atoms with Crippen molar-refractivity contribution >= 4 is 17.3 Å². The number of amides is 1. The summed E-state index contributed by atoms with van der Waals surface area (Å²) in [5, 5.41) is 3.35. The molecule has 26 heavy (non-hydrogen) atoms. The molecule has 2 heterocycles. The molecule has 1 saturated heterocycles. The van der Waals surface area contributed by atoms with Gasteiger partial charge in [-0.05, 0) is 56.9 Å². The lowest BCUT2D eigenvalue weighted by Gasteiger charge is -2.30. The fourth-order valence-electron chi connectivity index (χ4n) is 3.08. The summed E-state index contributed by atoms with van der Waals surface area (Å²) in [4.78, 5) is 18.9. The Bertz CT molecular complexity index is 752. The van der Waals surface area contributed by atoms with Crippen molar-refractivity contribution in [1.29, 1.82) is 0 Å². The van der Waals surface area contributed by atoms with Crippen LogP contribution in [0.2, 0.25) is 0 Å². The lowest BCUT2D eigenvalue weighted by atomic mass is 9.99. The van der Waals surface area contributed by atoms with Crippen LogP contribution in [0.4, 0.5) is 11.4 Å². The molecule has 1 amide bonds. The number of rotatable bonds is 5. The molecule has 0 saturated carbocycles. The lowest BCUT2D eigenvalue weighted by Crippen LogP contribution is -2.38. The third-order valence-corrected chi connectivity index (χ3v) is 4.58. The van der Waals surface area contributed by atoms with E-state index in [1.165, 1.54) is 0 Å². The van der Waals surface area contributed by atoms with Crippen LogP contribution in [0.3, 0.4) is 0 Å². The van der Waals surface area contributed by atoms with Crippen LogP contribution < -0.4 is 10.1 Å². The highest BCUT2D eigenvalue weighted by molar-refractivity contribution is 5.93. The number of carbonyl (C=O) groups excluding carboxylic acids is 1. The maximum absolute atomic E-state index is 12.7. The number of benzene rings is 1. The van der Waals surface area contributed by atoms with Crippen LogP contribution in [-0.4, -0.2) is 35.0 Å². The van der Waals surface area contributed by atoms with Gasteiger partial charge in [0.2, 0.25) is 0 Å². The first-order valence-corrected chi connectivity index (χ1v) is 9.31. The average molecular weight is 353 g/mol. The van der Waals surface area contributed by atoms with Crippen LogP contribution in [0.25, 0.3) is 0 Å². The number of hydrogen-bond donors (Lipinski definition) is 1. The molecule has 138 valence electrons. The van der Waals surface area contributed by atoms with E-state index in [2.05, 4.69) is 17.2 Å². The minimum Gasteiger partial charge on any atom is -0.489 e. The molecule has 0 aliphatic carbocycles. The molecular formula is C21H27N3O2. The van der Waals surface area contributed by atoms with Crippen molar-refractivity contribution < 1.29 is 9.53 Å². The van der Waals surface area contributed by atoms with Crippen LogP contribution in [0.5, 0.6) is 5.75 Å². The first kappa shape index (κ1) is 18.2. The molecular weight excluding hydrogens is 326 g/mol. The van der Waals surface area contributed by atoms with E-state index in [0.717, 1.165) is 43.1 Å². The smallest absolute Gasteiger partial charge is 0.272 e. The molecule has 1 N–H and O–H groups in total. The van der Waals surface area contributed by atoms with Gasteiger partial charge in [-0.2, -0.15) is 0 Å². The zero-order chi connectivity index (χ0) is 18.5. The molecule has 0 radical (unpaired) electrons. The second kappa shape index (κ2) is 8.21. The number of carbonyl (C=O) groups is 1. The average Bonchev–Trinajstić information content (AvgIpc) is 2.63. The van der Waals surface area contributed by atoms with Gasteiger partial charge in [0.1, 0.15) is 11.4 Å². The SMILES string of the molecule is CC1CCN(C(=O)c2cc(Nc3ccccc3OC(C)C)ccn2)CC1. The fraction of sp³-hybridized carbons (Fsp3) is 0.429. The number of likely N-dealkylation sites (tertiary alicyclic amines) is 1. The van der Waals surface area contributed by atoms with Crippen LogP contribution in [0.15, 0.2) is 42.6 Å². The van der Waals surface area contributed by atoms with E-state index in [4.69, 9.17) is 4.74 Å². The second-order valence-electron chi connectivity index (χ2n) is 7.19. The summed E-state index contributed by atoms with van der Waals surface area (Å²) in [7, 11) is 0. The maximum atomic E-state index is 12.7. The maximum Gasteiger partial charge on any atom is 0.272 e. The summed E-state index contributed by atoms with van der Waals surface area (Å²) in [5.41, 5.74) is 2.18. The van der Waals surface area contributed by atoms with Crippen molar-refractivity contribution in [2.75, 3.05) is 18.4 Å². The van der Waals surface area contributed by atoms with Gasteiger partial charge in [0.15, 0.2) is 0 Å². The van der Waals surface area contributed by atoms with Crippen molar-refractivity contribution in [3.8, 4) is 5.75 Å². The topological polar surface area (TPSA) is 54.5 Å². The van der Waals surface area contributed by atoms with E-state index in [9.17, 15) is 4.79 Å². The van der Waals surface area contributed by atoms with Crippen LogP contribution in [0, 0.1) is 5.92 Å². The number of nitrogens with zero attached hydrogens (tertiary/aromatic N) is 2. The number of pyridine rings is 1. The first-order chi connectivity index (χ1) is 12.5. The zero-order valence-corrected chi connectivity index (χ0v) is 15.7. The number of anilines is 2. The highest BCUT2D eigenvalue weighted by Gasteiger charge is 2.22. The van der Waals surface area contributed by atoms with E-state index in [1.54, 1.807) is 6.20 Å². The van der Waals surface area contributed by atoms with E-state index in [0.29, 0.717) is 11.6 Å². The minimum absolute atomic E-state index is 0.00673. The van der Waals surface area contributed by atoms with E-state index >= 15 is 0 Å². The van der Waals surface area contributed by atoms with E-state index < -0.39 is 0 Å². The summed E-state index contributed by atoms with van der Waals surface area (Å²) < 4.78 is 5.85. The summed E-state index contributed by atoms with van der Waals surface area (Å²) in [5.74, 6) is 1.49. The summed E-state index contributed by atoms with van der Waals surface area (Å²) in [6.07, 6.45) is 3.88. The Morgan fingerprint density at radius 1 is 1.23 bits per heavy atom. The lowest BCUT2D eigenvalue weighted by molar-refractivity contribution is 0.0691. The first-order valence-electron chi connectivity index (χ1n) is 9.31. The standard InChI is InChI=1S/C21H27N3O2/c1-15(2)26-20-7-5-4-6-18(20)23-17-8-11-22-19(14-17)21(25)24-12-9-16(3)10-13-24/h4-8,11,14-16H,9-10,12-13H2,1-3H3,(H,22,23). The molecule has 5 heteroatoms. The molecule has 5 nitrogen and oxygen atoms in total. The van der Waals surface area contributed by atoms with Gasteiger partial charge in [0.05, 0.1) is 11.8 Å². The summed E-state index contributed by atoms with van der Waals surface area (Å²) in [6.45, 7) is 7.86. The molecule has 3 rings (SSSR count). The van der Waals surface area contributed by atoms with E-state index in [1.807, 2.05) is 55.1 Å². The Hall–Kier alpha value is -2.56. The highest BCUT2D eigenvalue weighted by Crippen LogP contribution is 2.28. The van der Waals surface area contributed by atoms with Gasteiger partial charge in [0, 0.05) is 25.0 Å². The summed E-state index contributed by atoms with van der Waals surface area (Å²) >= 11 is 0. The molecule has 0 bridgehead atoms. The zero-order valence-electron chi connectivity index (χ0n) is 15.7. The quantitative estimate of drug-likeness (QED) is 0.861. The monoisotopic (exact) mass is 353 g/mol. The Labute approximate surface area is 155 Å². The largest absolute Gasteiger partial charge is 0.489 e. The molecule has 1 aliphatic rings. The van der Waals surface area contributed by atoms with Crippen molar-refractivity contribution in [3.05, 3.63) is 48.3 Å². The Morgan fingerprint density at radius 2 is 1.96 bits per heavy atom. The normalized spacial score (nSPS) is 15.2. The molecule has 1 aromatic carbocycles. The molecule has 2 aromatic rings. The van der Waals surface area contributed by atoms with Crippen molar-refractivity contribution in [3.63, 3.8) is 0 Å². The highest BCUT2D eigenvalue weighted by atomic mass is 16.5. The second-order valence-corrected chi connectivity index (χ2v) is 7.19. The Balaban J connectivity index is 1.75. The number of nitrogens with one attached hydrogen (secondary N) is 1. The van der Waals surface area contributed by atoms with Gasteiger partial charge in [-0.1, -0.05) is 19.1 Å². The van der Waals surface area contributed by atoms with Gasteiger partial charge < -0.3 is 15.0 Å². The Kier molecular flexibility index (Phi) is 5.76. The Morgan fingerprint density at radius 3 is 2.69 bits per heavy atom. The third-order valence-electron chi connectivity index (χ3n) is 4.58. The number of para-hydroxylation sites is 2. The van der Waals surface area contributed by atoms with Crippen molar-refractivity contribution in [2.24, 2.45) is 5.92 Å².